The van der Waals surface area contributed by atoms with Crippen LogP contribution < -0.4 is 4.90 Å². The molecule has 0 N–H and O–H groups in total. The highest BCUT2D eigenvalue weighted by atomic mass is 79.9. The monoisotopic (exact) mass is 443 g/mol. The van der Waals surface area contributed by atoms with Gasteiger partial charge >= 0.3 is 0 Å². The van der Waals surface area contributed by atoms with Crippen molar-refractivity contribution in [1.29, 1.82) is 0 Å². The van der Waals surface area contributed by atoms with Crippen molar-refractivity contribution in [3.63, 3.8) is 0 Å². The maximum absolute atomic E-state index is 13.5. The van der Waals surface area contributed by atoms with Crippen LogP contribution in [0.15, 0.2) is 47.1 Å². The van der Waals surface area contributed by atoms with Gasteiger partial charge in [-0.25, -0.2) is 4.98 Å². The van der Waals surface area contributed by atoms with Crippen LogP contribution in [0.1, 0.15) is 55.5 Å². The van der Waals surface area contributed by atoms with Gasteiger partial charge in [0.2, 0.25) is 0 Å². The Kier molecular flexibility index (Phi) is 6.83. The molecule has 1 unspecified atom stereocenters. The molecule has 2 heterocycles. The minimum Gasteiger partial charge on any atom is -0.322 e. The van der Waals surface area contributed by atoms with E-state index in [1.54, 1.807) is 22.1 Å². The number of fused-ring (bicyclic) bond motifs is 1. The lowest BCUT2D eigenvalue weighted by Gasteiger charge is -2.30. The summed E-state index contributed by atoms with van der Waals surface area (Å²) in [5.41, 5.74) is 1.49. The lowest BCUT2D eigenvalue weighted by atomic mass is 10.1. The fourth-order valence-corrected chi connectivity index (χ4v) is 3.90. The summed E-state index contributed by atoms with van der Waals surface area (Å²) in [5, 5.41) is 0. The SMILES string of the molecule is CCCCN1C(=O)C(CCC)N(Cc2ccccc2)C(=O)c2cc(Br)cnc21. The van der Waals surface area contributed by atoms with Gasteiger partial charge in [-0.3, -0.25) is 14.5 Å². The van der Waals surface area contributed by atoms with Crippen molar-refractivity contribution in [1.82, 2.24) is 9.88 Å². The summed E-state index contributed by atoms with van der Waals surface area (Å²) in [5.74, 6) is 0.301. The zero-order valence-corrected chi connectivity index (χ0v) is 18.0. The number of aromatic nitrogens is 1. The molecule has 0 spiro atoms. The molecule has 1 atom stereocenters. The summed E-state index contributed by atoms with van der Waals surface area (Å²) < 4.78 is 0.732. The number of carbonyl (C=O) groups excluding carboxylic acids is 2. The number of unbranched alkanes of at least 4 members (excludes halogenated alkanes) is 1. The van der Waals surface area contributed by atoms with Crippen molar-refractivity contribution >= 4 is 33.6 Å². The molecule has 1 aromatic carbocycles. The highest BCUT2D eigenvalue weighted by molar-refractivity contribution is 9.10. The average molecular weight is 444 g/mol. The topological polar surface area (TPSA) is 53.5 Å². The van der Waals surface area contributed by atoms with Gasteiger partial charge < -0.3 is 4.90 Å². The number of halogens is 1. The number of amides is 2. The first-order valence-corrected chi connectivity index (χ1v) is 10.7. The van der Waals surface area contributed by atoms with Gasteiger partial charge in [0.05, 0.1) is 5.56 Å². The molecule has 148 valence electrons. The highest BCUT2D eigenvalue weighted by Gasteiger charge is 2.39. The van der Waals surface area contributed by atoms with Crippen LogP contribution in [-0.2, 0) is 11.3 Å². The number of benzene rings is 1. The Labute approximate surface area is 174 Å². The molecule has 5 nitrogen and oxygen atoms in total. The van der Waals surface area contributed by atoms with Gasteiger partial charge in [-0.2, -0.15) is 0 Å². The van der Waals surface area contributed by atoms with E-state index in [4.69, 9.17) is 0 Å². The van der Waals surface area contributed by atoms with Crippen LogP contribution in [0.5, 0.6) is 0 Å². The Balaban J connectivity index is 2.08. The quantitative estimate of drug-likeness (QED) is 0.617. The highest BCUT2D eigenvalue weighted by Crippen LogP contribution is 2.31. The van der Waals surface area contributed by atoms with Crippen LogP contribution in [0.3, 0.4) is 0 Å². The van der Waals surface area contributed by atoms with Gasteiger partial charge in [0.15, 0.2) is 0 Å². The summed E-state index contributed by atoms with van der Waals surface area (Å²) in [4.78, 5) is 34.9. The molecule has 0 fully saturated rings. The van der Waals surface area contributed by atoms with E-state index in [2.05, 4.69) is 27.8 Å². The standard InChI is InChI=1S/C22H26BrN3O2/c1-3-5-12-25-20-18(13-17(23)14-24-20)21(27)26(19(9-4-2)22(25)28)15-16-10-7-6-8-11-16/h6-8,10-11,13-14,19H,3-5,9,12,15H2,1-2H3. The molecular formula is C22H26BrN3O2. The third-order valence-corrected chi connectivity index (χ3v) is 5.43. The van der Waals surface area contributed by atoms with E-state index in [1.807, 2.05) is 37.3 Å². The Morgan fingerprint density at radius 2 is 1.86 bits per heavy atom. The fourth-order valence-electron chi connectivity index (χ4n) is 3.57. The average Bonchev–Trinajstić information content (AvgIpc) is 2.78. The first kappa shape index (κ1) is 20.5. The van der Waals surface area contributed by atoms with Crippen molar-refractivity contribution < 1.29 is 9.59 Å². The Morgan fingerprint density at radius 3 is 2.54 bits per heavy atom. The molecule has 0 radical (unpaired) electrons. The van der Waals surface area contributed by atoms with Crippen LogP contribution >= 0.6 is 15.9 Å². The Hall–Kier alpha value is -2.21. The molecule has 2 amide bonds. The van der Waals surface area contributed by atoms with Crippen LogP contribution in [-0.4, -0.2) is 34.3 Å². The maximum atomic E-state index is 13.5. The van der Waals surface area contributed by atoms with E-state index >= 15 is 0 Å². The number of pyridine rings is 1. The van der Waals surface area contributed by atoms with Crippen molar-refractivity contribution in [2.24, 2.45) is 0 Å². The number of carbonyl (C=O) groups is 2. The van der Waals surface area contributed by atoms with Crippen molar-refractivity contribution in [3.8, 4) is 0 Å². The third kappa shape index (κ3) is 4.27. The number of hydrogen-bond acceptors (Lipinski definition) is 3. The van der Waals surface area contributed by atoms with Gasteiger partial charge in [0.25, 0.3) is 11.8 Å². The number of hydrogen-bond donors (Lipinski definition) is 0. The van der Waals surface area contributed by atoms with Crippen LogP contribution in [0.2, 0.25) is 0 Å². The van der Waals surface area contributed by atoms with E-state index in [-0.39, 0.29) is 11.8 Å². The second-order valence-electron chi connectivity index (χ2n) is 7.09. The second-order valence-corrected chi connectivity index (χ2v) is 8.01. The van der Waals surface area contributed by atoms with Gasteiger partial charge in [0.1, 0.15) is 11.9 Å². The first-order valence-electron chi connectivity index (χ1n) is 9.88. The molecule has 0 aliphatic carbocycles. The summed E-state index contributed by atoms with van der Waals surface area (Å²) in [6, 6.07) is 11.1. The lowest BCUT2D eigenvalue weighted by molar-refractivity contribution is -0.123. The van der Waals surface area contributed by atoms with Crippen LogP contribution in [0.4, 0.5) is 5.82 Å². The number of anilines is 1. The Bertz CT molecular complexity index is 841. The largest absolute Gasteiger partial charge is 0.322 e. The minimum absolute atomic E-state index is 0.0341. The maximum Gasteiger partial charge on any atom is 0.258 e. The molecule has 3 rings (SSSR count). The first-order chi connectivity index (χ1) is 13.6. The predicted molar refractivity (Wildman–Crippen MR) is 114 cm³/mol. The van der Waals surface area contributed by atoms with Crippen molar-refractivity contribution in [2.45, 2.75) is 52.1 Å². The van der Waals surface area contributed by atoms with E-state index in [0.717, 1.165) is 29.3 Å². The van der Waals surface area contributed by atoms with Crippen LogP contribution in [0, 0.1) is 0 Å². The van der Waals surface area contributed by atoms with Gasteiger partial charge in [-0.15, -0.1) is 0 Å². The molecule has 0 saturated carbocycles. The number of rotatable bonds is 7. The van der Waals surface area contributed by atoms with Crippen molar-refractivity contribution in [3.05, 3.63) is 58.2 Å². The third-order valence-electron chi connectivity index (χ3n) is 5.00. The van der Waals surface area contributed by atoms with E-state index in [1.165, 1.54) is 0 Å². The molecular weight excluding hydrogens is 418 g/mol. The molecule has 1 aliphatic rings. The fraction of sp³-hybridized carbons (Fsp3) is 0.409. The van der Waals surface area contributed by atoms with Gasteiger partial charge in [-0.05, 0) is 40.4 Å². The van der Waals surface area contributed by atoms with Crippen LogP contribution in [0.25, 0.3) is 0 Å². The molecule has 1 aromatic heterocycles. The summed E-state index contributed by atoms with van der Waals surface area (Å²) >= 11 is 3.43. The van der Waals surface area contributed by atoms with E-state index < -0.39 is 6.04 Å². The second kappa shape index (κ2) is 9.32. The minimum atomic E-state index is -0.484. The van der Waals surface area contributed by atoms with Gasteiger partial charge in [-0.1, -0.05) is 57.0 Å². The van der Waals surface area contributed by atoms with Gasteiger partial charge in [0, 0.05) is 23.8 Å². The van der Waals surface area contributed by atoms with E-state index in [0.29, 0.717) is 30.9 Å². The molecule has 28 heavy (non-hydrogen) atoms. The smallest absolute Gasteiger partial charge is 0.258 e. The Morgan fingerprint density at radius 1 is 1.11 bits per heavy atom. The molecule has 1 aliphatic heterocycles. The summed E-state index contributed by atoms with van der Waals surface area (Å²) in [6.45, 7) is 5.11. The molecule has 2 aromatic rings. The normalized spacial score (nSPS) is 16.9. The number of nitrogens with zero attached hydrogens (tertiary/aromatic N) is 3. The lowest BCUT2D eigenvalue weighted by Crippen LogP contribution is -2.48. The predicted octanol–water partition coefficient (Wildman–Crippen LogP) is 4.80. The van der Waals surface area contributed by atoms with Crippen molar-refractivity contribution in [2.75, 3.05) is 11.4 Å². The zero-order valence-electron chi connectivity index (χ0n) is 16.4. The molecule has 0 bridgehead atoms. The summed E-state index contributed by atoms with van der Waals surface area (Å²) in [6.07, 6.45) is 4.95. The molecule has 0 saturated heterocycles. The summed E-state index contributed by atoms with van der Waals surface area (Å²) in [7, 11) is 0. The molecule has 6 heteroatoms. The zero-order chi connectivity index (χ0) is 20.1. The van der Waals surface area contributed by atoms with E-state index in [9.17, 15) is 9.59 Å².